The predicted octanol–water partition coefficient (Wildman–Crippen LogP) is 2.08. The van der Waals surface area contributed by atoms with E-state index < -0.39 is 0 Å². The molecule has 0 N–H and O–H groups in total. The van der Waals surface area contributed by atoms with Crippen molar-refractivity contribution in [2.24, 2.45) is 5.92 Å². The molecule has 0 spiro atoms. The normalized spacial score (nSPS) is 26.2. The van der Waals surface area contributed by atoms with E-state index in [4.69, 9.17) is 9.47 Å². The minimum Gasteiger partial charge on any atom is -0.352 e. The molecule has 100 valence electrons. The Kier molecular flexibility index (Phi) is 4.69. The second kappa shape index (κ2) is 6.27. The molecule has 0 amide bonds. The van der Waals surface area contributed by atoms with E-state index in [0.29, 0.717) is 5.92 Å². The zero-order chi connectivity index (χ0) is 13.0. The first-order valence-corrected chi connectivity index (χ1v) is 6.52. The van der Waals surface area contributed by atoms with Crippen LogP contribution in [0.2, 0.25) is 0 Å². The van der Waals surface area contributed by atoms with E-state index >= 15 is 0 Å². The van der Waals surface area contributed by atoms with Crippen LogP contribution in [0.5, 0.6) is 0 Å². The summed E-state index contributed by atoms with van der Waals surface area (Å²) in [5.74, 6) is 0.354. The van der Waals surface area contributed by atoms with Crippen molar-refractivity contribution in [3.8, 4) is 0 Å². The van der Waals surface area contributed by atoms with Gasteiger partial charge < -0.3 is 14.4 Å². The number of nitrogens with zero attached hydrogens (tertiary/aromatic N) is 2. The molecule has 1 unspecified atom stereocenters. The Balaban J connectivity index is 2.08. The molecule has 4 heteroatoms. The van der Waals surface area contributed by atoms with Gasteiger partial charge in [-0.3, -0.25) is 4.98 Å². The molecule has 1 saturated heterocycles. The fourth-order valence-electron chi connectivity index (χ4n) is 2.52. The molecule has 2 rings (SSSR count). The molecule has 4 nitrogen and oxygen atoms in total. The van der Waals surface area contributed by atoms with Crippen molar-refractivity contribution in [3.05, 3.63) is 30.1 Å². The third kappa shape index (κ3) is 3.07. The van der Waals surface area contributed by atoms with Gasteiger partial charge >= 0.3 is 0 Å². The van der Waals surface area contributed by atoms with Gasteiger partial charge in [-0.15, -0.1) is 0 Å². The van der Waals surface area contributed by atoms with E-state index in [-0.39, 0.29) is 12.3 Å². The quantitative estimate of drug-likeness (QED) is 0.819. The summed E-state index contributed by atoms with van der Waals surface area (Å²) in [4.78, 5) is 6.41. The highest BCUT2D eigenvalue weighted by Gasteiger charge is 2.30. The van der Waals surface area contributed by atoms with E-state index in [2.05, 4.69) is 37.0 Å². The summed E-state index contributed by atoms with van der Waals surface area (Å²) in [6, 6.07) is 4.38. The van der Waals surface area contributed by atoms with Crippen LogP contribution in [0.3, 0.4) is 0 Å². The average molecular weight is 250 g/mol. The molecule has 0 aromatic carbocycles. The van der Waals surface area contributed by atoms with E-state index in [9.17, 15) is 0 Å². The Labute approximate surface area is 109 Å². The molecule has 18 heavy (non-hydrogen) atoms. The largest absolute Gasteiger partial charge is 0.352 e. The molecule has 1 fully saturated rings. The van der Waals surface area contributed by atoms with Gasteiger partial charge in [-0.25, -0.2) is 0 Å². The number of hydrogen-bond donors (Lipinski definition) is 0. The van der Waals surface area contributed by atoms with E-state index in [1.807, 2.05) is 12.3 Å². The fraction of sp³-hybridized carbons (Fsp3) is 0.643. The van der Waals surface area contributed by atoms with Crippen molar-refractivity contribution in [2.45, 2.75) is 25.7 Å². The number of aromatic nitrogens is 1. The topological polar surface area (TPSA) is 34.6 Å². The predicted molar refractivity (Wildman–Crippen MR) is 70.1 cm³/mol. The van der Waals surface area contributed by atoms with Crippen molar-refractivity contribution < 1.29 is 9.47 Å². The second-order valence-electron chi connectivity index (χ2n) is 4.96. The molecule has 0 radical (unpaired) electrons. The highest BCUT2D eigenvalue weighted by Crippen LogP contribution is 2.30. The van der Waals surface area contributed by atoms with Gasteiger partial charge in [-0.1, -0.05) is 13.0 Å². The number of hydrogen-bond acceptors (Lipinski definition) is 4. The van der Waals surface area contributed by atoms with Gasteiger partial charge in [0, 0.05) is 24.4 Å². The smallest absolute Gasteiger partial charge is 0.157 e. The molecule has 1 atom stereocenters. The molecule has 1 aromatic rings. The third-order valence-corrected chi connectivity index (χ3v) is 3.35. The zero-order valence-corrected chi connectivity index (χ0v) is 11.4. The SMILES string of the molecule is CCC1OCC(C(c2cccnc2)N(C)C)CO1. The summed E-state index contributed by atoms with van der Waals surface area (Å²) in [6.07, 6.45) is 4.61. The Morgan fingerprint density at radius 3 is 2.61 bits per heavy atom. The molecule has 1 aliphatic heterocycles. The highest BCUT2D eigenvalue weighted by atomic mass is 16.7. The van der Waals surface area contributed by atoms with E-state index in [1.165, 1.54) is 5.56 Å². The molecule has 0 aliphatic carbocycles. The van der Waals surface area contributed by atoms with Crippen molar-refractivity contribution in [1.82, 2.24) is 9.88 Å². The lowest BCUT2D eigenvalue weighted by atomic mass is 9.94. The summed E-state index contributed by atoms with van der Waals surface area (Å²) < 4.78 is 11.4. The molecular formula is C14H22N2O2. The molecular weight excluding hydrogens is 228 g/mol. The first-order valence-electron chi connectivity index (χ1n) is 6.52. The Morgan fingerprint density at radius 2 is 2.11 bits per heavy atom. The fourth-order valence-corrected chi connectivity index (χ4v) is 2.52. The van der Waals surface area contributed by atoms with Crippen LogP contribution in [0.4, 0.5) is 0 Å². The number of rotatable bonds is 4. The molecule has 1 aromatic heterocycles. The standard InChI is InChI=1S/C14H22N2O2/c1-4-13-17-9-12(10-18-13)14(16(2)3)11-6-5-7-15-8-11/h5-8,12-14H,4,9-10H2,1-3H3. The van der Waals surface area contributed by atoms with Crippen LogP contribution in [-0.4, -0.2) is 43.5 Å². The second-order valence-corrected chi connectivity index (χ2v) is 4.96. The Bertz CT molecular complexity index is 348. The van der Waals surface area contributed by atoms with Crippen LogP contribution in [-0.2, 0) is 9.47 Å². The van der Waals surface area contributed by atoms with Gasteiger partial charge in [0.05, 0.1) is 13.2 Å². The van der Waals surface area contributed by atoms with Gasteiger partial charge in [0.2, 0.25) is 0 Å². The summed E-state index contributed by atoms with van der Waals surface area (Å²) in [5.41, 5.74) is 1.22. The van der Waals surface area contributed by atoms with Crippen LogP contribution < -0.4 is 0 Å². The molecule has 0 saturated carbocycles. The van der Waals surface area contributed by atoms with Gasteiger partial charge in [0.15, 0.2) is 6.29 Å². The van der Waals surface area contributed by atoms with Crippen LogP contribution >= 0.6 is 0 Å². The first-order chi connectivity index (χ1) is 8.72. The minimum atomic E-state index is -0.0297. The average Bonchev–Trinajstić information content (AvgIpc) is 2.40. The van der Waals surface area contributed by atoms with E-state index in [1.54, 1.807) is 6.20 Å². The van der Waals surface area contributed by atoms with Gasteiger partial charge in [-0.05, 0) is 32.1 Å². The first kappa shape index (κ1) is 13.5. The van der Waals surface area contributed by atoms with Crippen molar-refractivity contribution >= 4 is 0 Å². The molecule has 0 bridgehead atoms. The lowest BCUT2D eigenvalue weighted by molar-refractivity contribution is -0.209. The van der Waals surface area contributed by atoms with Gasteiger partial charge in [0.25, 0.3) is 0 Å². The maximum atomic E-state index is 5.72. The monoisotopic (exact) mass is 250 g/mol. The zero-order valence-electron chi connectivity index (χ0n) is 11.4. The van der Waals surface area contributed by atoms with Crippen LogP contribution in [0.1, 0.15) is 24.9 Å². The minimum absolute atomic E-state index is 0.0297. The maximum absolute atomic E-state index is 5.72. The Morgan fingerprint density at radius 1 is 1.39 bits per heavy atom. The summed E-state index contributed by atoms with van der Waals surface area (Å²) in [5, 5.41) is 0. The van der Waals surface area contributed by atoms with Crippen molar-refractivity contribution in [3.63, 3.8) is 0 Å². The van der Waals surface area contributed by atoms with Crippen LogP contribution in [0.25, 0.3) is 0 Å². The van der Waals surface area contributed by atoms with Crippen LogP contribution in [0, 0.1) is 5.92 Å². The summed E-state index contributed by atoms with van der Waals surface area (Å²) >= 11 is 0. The highest BCUT2D eigenvalue weighted by molar-refractivity contribution is 5.15. The van der Waals surface area contributed by atoms with Crippen molar-refractivity contribution in [2.75, 3.05) is 27.3 Å². The number of ether oxygens (including phenoxy) is 2. The third-order valence-electron chi connectivity index (χ3n) is 3.35. The van der Waals surface area contributed by atoms with Crippen LogP contribution in [0.15, 0.2) is 24.5 Å². The lowest BCUT2D eigenvalue weighted by Gasteiger charge is -2.37. The van der Waals surface area contributed by atoms with Crippen molar-refractivity contribution in [1.29, 1.82) is 0 Å². The molecule has 2 heterocycles. The number of pyridine rings is 1. The Hall–Kier alpha value is -0.970. The van der Waals surface area contributed by atoms with E-state index in [0.717, 1.165) is 19.6 Å². The molecule has 1 aliphatic rings. The summed E-state index contributed by atoms with van der Waals surface area (Å²) in [7, 11) is 4.17. The summed E-state index contributed by atoms with van der Waals surface area (Å²) in [6.45, 7) is 3.57. The van der Waals surface area contributed by atoms with Gasteiger partial charge in [-0.2, -0.15) is 0 Å². The maximum Gasteiger partial charge on any atom is 0.157 e. The lowest BCUT2D eigenvalue weighted by Crippen LogP contribution is -2.39. The van der Waals surface area contributed by atoms with Gasteiger partial charge in [0.1, 0.15) is 0 Å².